The molecule has 8 rings (SSSR count). The Kier molecular flexibility index (Phi) is 13.8. The third-order valence-electron chi connectivity index (χ3n) is 13.9. The number of hydrogen-bond acceptors (Lipinski definition) is 11. The number of aryl methyl sites for hydroxylation is 1. The van der Waals surface area contributed by atoms with Crippen molar-refractivity contribution < 1.29 is 38.6 Å². The first-order valence-electron chi connectivity index (χ1n) is 23.8. The third kappa shape index (κ3) is 9.79. The zero-order chi connectivity index (χ0) is 47.9. The summed E-state index contributed by atoms with van der Waals surface area (Å²) >= 11 is 0. The number of amides is 4. The lowest BCUT2D eigenvalue weighted by atomic mass is 9.84. The van der Waals surface area contributed by atoms with E-state index in [1.54, 1.807) is 37.4 Å². The number of hydrogen-bond donors (Lipinski definition) is 4. The Morgan fingerprint density at radius 3 is 2.52 bits per heavy atom. The van der Waals surface area contributed by atoms with Crippen molar-refractivity contribution in [1.82, 2.24) is 40.4 Å². The number of ether oxygens (including phenoxy) is 2. The Balaban J connectivity index is 1.20. The van der Waals surface area contributed by atoms with Gasteiger partial charge in [0.2, 0.25) is 17.7 Å². The van der Waals surface area contributed by atoms with Gasteiger partial charge >= 0.3 is 5.97 Å². The minimum absolute atomic E-state index is 0.0115. The van der Waals surface area contributed by atoms with Crippen LogP contribution in [0.3, 0.4) is 0 Å². The van der Waals surface area contributed by atoms with Gasteiger partial charge in [-0.15, -0.1) is 0 Å². The number of likely N-dealkylation sites (tertiary alicyclic amines) is 1. The summed E-state index contributed by atoms with van der Waals surface area (Å²) in [5, 5.41) is 19.8. The Labute approximate surface area is 392 Å². The highest BCUT2D eigenvalue weighted by molar-refractivity contribution is 5.97. The minimum Gasteiger partial charge on any atom is -0.508 e. The molecule has 0 spiro atoms. The number of esters is 1. The third-order valence-corrected chi connectivity index (χ3v) is 13.9. The molecule has 358 valence electrons. The molecule has 4 aliphatic heterocycles. The molecule has 0 radical (unpaired) electrons. The number of rotatable bonds is 10. The van der Waals surface area contributed by atoms with Gasteiger partial charge < -0.3 is 39.6 Å². The topological polar surface area (TPSA) is 198 Å². The van der Waals surface area contributed by atoms with Crippen LogP contribution in [0.15, 0.2) is 54.7 Å². The fourth-order valence-electron chi connectivity index (χ4n) is 10.3. The van der Waals surface area contributed by atoms with E-state index in [-0.39, 0.29) is 55.2 Å². The highest BCUT2D eigenvalue weighted by Gasteiger charge is 2.44. The molecule has 0 unspecified atom stereocenters. The first-order valence-corrected chi connectivity index (χ1v) is 23.8. The fraction of sp³-hybridized carbons (Fsp3) is 0.529. The Bertz CT molecular complexity index is 2550. The molecule has 3 saturated heterocycles. The predicted molar refractivity (Wildman–Crippen MR) is 253 cm³/mol. The van der Waals surface area contributed by atoms with Crippen LogP contribution in [-0.4, -0.2) is 130 Å². The molecule has 4 N–H and O–H groups in total. The SMILES string of the molecule is CCn1c(-c2cccnc2[C@H](C)OC)c2c3cc(ccc31)-c1cc(O)cc(c1)C[C@H](NC(=O)[C@H](C(C)C)N(C)C(=O)[C@H]1CCCN1C(=O)[C@@H]1CN1)C(=O)N1CCC[C@H](N1)C(=O)OCC(C)(C)C2. The van der Waals surface area contributed by atoms with Crippen LogP contribution in [0.4, 0.5) is 0 Å². The summed E-state index contributed by atoms with van der Waals surface area (Å²) < 4.78 is 14.2. The quantitative estimate of drug-likeness (QED) is 0.125. The number of methoxy groups -OCH3 is 1. The zero-order valence-electron chi connectivity index (χ0n) is 40.1. The average Bonchev–Trinajstić information content (AvgIpc) is 3.97. The first kappa shape index (κ1) is 47.6. The van der Waals surface area contributed by atoms with Crippen LogP contribution in [0.2, 0.25) is 0 Å². The maximum absolute atomic E-state index is 14.8. The first-order chi connectivity index (χ1) is 32.0. The molecule has 16 nitrogen and oxygen atoms in total. The summed E-state index contributed by atoms with van der Waals surface area (Å²) in [7, 11) is 3.25. The van der Waals surface area contributed by atoms with Gasteiger partial charge in [0, 0.05) is 74.8 Å². The summed E-state index contributed by atoms with van der Waals surface area (Å²) in [5.41, 5.74) is 9.54. The summed E-state index contributed by atoms with van der Waals surface area (Å²) in [6, 6.07) is 11.5. The molecule has 6 atom stereocenters. The van der Waals surface area contributed by atoms with Crippen LogP contribution in [0.25, 0.3) is 33.3 Å². The number of likely N-dealkylation sites (N-methyl/N-ethyl adjacent to an activating group) is 1. The molecule has 4 amide bonds. The van der Waals surface area contributed by atoms with Gasteiger partial charge in [-0.3, -0.25) is 34.0 Å². The summed E-state index contributed by atoms with van der Waals surface area (Å²) in [5.74, 6) is -2.31. The number of benzene rings is 2. The van der Waals surface area contributed by atoms with E-state index < -0.39 is 47.4 Å². The standard InChI is InChI=1S/C51H66N8O8/c1-9-57-41-17-16-32-25-36(41)37(45(57)35-13-10-18-52-43(35)30(4)66-8)26-51(5,6)28-67-50(65)38-14-11-20-59(55-38)48(63)39(23-31-21-33(32)24-34(60)22-31)54-46(61)44(29(2)3)56(7)49(64)42-15-12-19-58(42)47(62)40-27-53-40/h10,13,16-18,21-22,24-25,29-30,38-40,42,44,53,55,60H,9,11-12,14-15,19-20,23,26-28H2,1-8H3,(H,54,61)/t30-,38-,39-,40-,42+,44-/m0/s1. The highest BCUT2D eigenvalue weighted by atomic mass is 16.5. The molecule has 6 bridgehead atoms. The Morgan fingerprint density at radius 1 is 1.04 bits per heavy atom. The molecular weight excluding hydrogens is 853 g/mol. The number of phenols is 1. The van der Waals surface area contributed by atoms with E-state index in [0.717, 1.165) is 39.0 Å². The number of carbonyl (C=O) groups is 5. The molecule has 6 heterocycles. The lowest BCUT2D eigenvalue weighted by Crippen LogP contribution is -2.62. The summed E-state index contributed by atoms with van der Waals surface area (Å²) in [6.07, 6.45) is 4.14. The monoisotopic (exact) mass is 919 g/mol. The molecule has 16 heteroatoms. The van der Waals surface area contributed by atoms with Crippen LogP contribution in [0.1, 0.15) is 90.2 Å². The van der Waals surface area contributed by atoms with Crippen molar-refractivity contribution in [2.75, 3.05) is 40.4 Å². The predicted octanol–water partition coefficient (Wildman–Crippen LogP) is 4.90. The molecule has 3 fully saturated rings. The van der Waals surface area contributed by atoms with Gasteiger partial charge in [0.1, 0.15) is 29.9 Å². The maximum atomic E-state index is 14.8. The van der Waals surface area contributed by atoms with Gasteiger partial charge in [0.05, 0.1) is 30.1 Å². The number of aromatic nitrogens is 2. The summed E-state index contributed by atoms with van der Waals surface area (Å²) in [6.45, 7) is 14.0. The number of pyridine rings is 1. The van der Waals surface area contributed by atoms with E-state index in [9.17, 15) is 29.1 Å². The van der Waals surface area contributed by atoms with Crippen LogP contribution >= 0.6 is 0 Å². The number of nitrogens with zero attached hydrogens (tertiary/aromatic N) is 5. The van der Waals surface area contributed by atoms with Gasteiger partial charge in [-0.25, -0.2) is 5.43 Å². The molecule has 4 aromatic rings. The van der Waals surface area contributed by atoms with E-state index in [2.05, 4.69) is 59.6 Å². The number of phenolic OH excluding ortho intramolecular Hbond substituents is 1. The van der Waals surface area contributed by atoms with Crippen molar-refractivity contribution in [2.45, 2.75) is 123 Å². The molecule has 4 aliphatic rings. The second kappa shape index (κ2) is 19.4. The molecule has 0 aliphatic carbocycles. The largest absolute Gasteiger partial charge is 0.508 e. The number of hydrazine groups is 1. The van der Waals surface area contributed by atoms with Gasteiger partial charge in [-0.05, 0) is 111 Å². The number of cyclic esters (lactones) is 1. The van der Waals surface area contributed by atoms with E-state index in [4.69, 9.17) is 14.5 Å². The van der Waals surface area contributed by atoms with Crippen LogP contribution in [0, 0.1) is 11.3 Å². The van der Waals surface area contributed by atoms with Crippen molar-refractivity contribution >= 4 is 40.5 Å². The Hall–Kier alpha value is -5.84. The van der Waals surface area contributed by atoms with E-state index in [0.29, 0.717) is 62.9 Å². The second-order valence-corrected chi connectivity index (χ2v) is 19.8. The van der Waals surface area contributed by atoms with Crippen molar-refractivity contribution in [2.24, 2.45) is 11.3 Å². The maximum Gasteiger partial charge on any atom is 0.324 e. The number of nitrogens with one attached hydrogen (secondary N) is 3. The van der Waals surface area contributed by atoms with Crippen molar-refractivity contribution in [3.8, 4) is 28.1 Å². The van der Waals surface area contributed by atoms with Crippen molar-refractivity contribution in [3.63, 3.8) is 0 Å². The second-order valence-electron chi connectivity index (χ2n) is 19.8. The van der Waals surface area contributed by atoms with Crippen LogP contribution in [-0.2, 0) is 52.8 Å². The van der Waals surface area contributed by atoms with Gasteiger partial charge in [-0.1, -0.05) is 39.8 Å². The number of fused-ring (bicyclic) bond motifs is 6. The lowest BCUT2D eigenvalue weighted by Gasteiger charge is -2.37. The van der Waals surface area contributed by atoms with Gasteiger partial charge in [0.15, 0.2) is 0 Å². The molecule has 2 aromatic heterocycles. The van der Waals surface area contributed by atoms with Crippen LogP contribution in [0.5, 0.6) is 5.75 Å². The van der Waals surface area contributed by atoms with E-state index >= 15 is 0 Å². The summed E-state index contributed by atoms with van der Waals surface area (Å²) in [4.78, 5) is 78.4. The zero-order valence-corrected chi connectivity index (χ0v) is 40.1. The van der Waals surface area contributed by atoms with E-state index in [1.807, 2.05) is 39.0 Å². The van der Waals surface area contributed by atoms with Crippen molar-refractivity contribution in [1.29, 1.82) is 0 Å². The van der Waals surface area contributed by atoms with Gasteiger partial charge in [-0.2, -0.15) is 0 Å². The fourth-order valence-corrected chi connectivity index (χ4v) is 10.3. The molecular formula is C51H66N8O8. The lowest BCUT2D eigenvalue weighted by molar-refractivity contribution is -0.155. The average molecular weight is 919 g/mol. The highest BCUT2D eigenvalue weighted by Crippen LogP contribution is 2.42. The smallest absolute Gasteiger partial charge is 0.324 e. The minimum atomic E-state index is -1.17. The normalized spacial score (nSPS) is 22.8. The number of carbonyl (C=O) groups excluding carboxylic acids is 5. The van der Waals surface area contributed by atoms with Crippen molar-refractivity contribution in [3.05, 3.63) is 71.5 Å². The van der Waals surface area contributed by atoms with Gasteiger partial charge in [0.25, 0.3) is 5.91 Å². The van der Waals surface area contributed by atoms with E-state index in [1.165, 1.54) is 9.91 Å². The molecule has 2 aromatic carbocycles. The molecule has 67 heavy (non-hydrogen) atoms. The number of aromatic hydroxyl groups is 1. The Morgan fingerprint density at radius 2 is 1.81 bits per heavy atom. The van der Waals surface area contributed by atoms with Crippen LogP contribution < -0.4 is 16.1 Å². The molecule has 0 saturated carbocycles.